The van der Waals surface area contributed by atoms with E-state index in [9.17, 15) is 0 Å². The van der Waals surface area contributed by atoms with E-state index in [0.29, 0.717) is 12.0 Å². The van der Waals surface area contributed by atoms with Gasteiger partial charge < -0.3 is 11.1 Å². The van der Waals surface area contributed by atoms with Gasteiger partial charge in [0.2, 0.25) is 0 Å². The number of nitrogens with two attached hydrogens (primary N) is 1. The van der Waals surface area contributed by atoms with Crippen molar-refractivity contribution in [1.82, 2.24) is 5.32 Å². The highest BCUT2D eigenvalue weighted by Crippen LogP contribution is 2.21. The first-order valence-electron chi connectivity index (χ1n) is 3.90. The molecule has 0 aliphatic carbocycles. The van der Waals surface area contributed by atoms with Crippen molar-refractivity contribution in [2.45, 2.75) is 26.3 Å². The fraction of sp³-hybridized carbons (Fsp3) is 0.750. The van der Waals surface area contributed by atoms with Gasteiger partial charge >= 0.3 is 0 Å². The van der Waals surface area contributed by atoms with Gasteiger partial charge in [-0.3, -0.25) is 0 Å². The normalized spacial score (nSPS) is 31.7. The first-order valence-corrected chi connectivity index (χ1v) is 3.90. The Morgan fingerprint density at radius 3 is 2.70 bits per heavy atom. The molecule has 3 N–H and O–H groups in total. The summed E-state index contributed by atoms with van der Waals surface area (Å²) in [5.74, 6) is 0.670. The van der Waals surface area contributed by atoms with Crippen molar-refractivity contribution in [3.63, 3.8) is 0 Å². The molecular weight excluding hydrogens is 124 g/mol. The van der Waals surface area contributed by atoms with Crippen molar-refractivity contribution in [2.24, 2.45) is 11.7 Å². The lowest BCUT2D eigenvalue weighted by molar-refractivity contribution is 0.530. The van der Waals surface area contributed by atoms with Crippen molar-refractivity contribution < 1.29 is 0 Å². The van der Waals surface area contributed by atoms with Gasteiger partial charge in [-0.1, -0.05) is 6.92 Å². The molecule has 1 aliphatic rings. The van der Waals surface area contributed by atoms with Gasteiger partial charge in [0.15, 0.2) is 0 Å². The van der Waals surface area contributed by atoms with Crippen LogP contribution in [-0.4, -0.2) is 12.6 Å². The minimum absolute atomic E-state index is 0.599. The van der Waals surface area contributed by atoms with Crippen molar-refractivity contribution in [1.29, 1.82) is 0 Å². The Balaban J connectivity index is 2.46. The molecule has 0 bridgehead atoms. The highest BCUT2D eigenvalue weighted by atomic mass is 14.9. The van der Waals surface area contributed by atoms with Crippen LogP contribution in [0.5, 0.6) is 0 Å². The molecule has 2 atom stereocenters. The molecule has 0 unspecified atom stereocenters. The Labute approximate surface area is 62.5 Å². The van der Waals surface area contributed by atoms with Crippen LogP contribution in [-0.2, 0) is 0 Å². The van der Waals surface area contributed by atoms with Crippen LogP contribution in [0, 0.1) is 5.92 Å². The van der Waals surface area contributed by atoms with E-state index in [4.69, 9.17) is 5.73 Å². The van der Waals surface area contributed by atoms with Gasteiger partial charge in [-0.05, 0) is 37.6 Å². The average molecular weight is 140 g/mol. The maximum atomic E-state index is 5.45. The van der Waals surface area contributed by atoms with Gasteiger partial charge in [-0.2, -0.15) is 0 Å². The molecule has 0 saturated carbocycles. The summed E-state index contributed by atoms with van der Waals surface area (Å²) in [5, 5.41) is 3.29. The van der Waals surface area contributed by atoms with Crippen LogP contribution in [0.1, 0.15) is 20.3 Å². The monoisotopic (exact) mass is 140 g/mol. The second kappa shape index (κ2) is 3.06. The lowest BCUT2D eigenvalue weighted by Gasteiger charge is -2.12. The average Bonchev–Trinajstić information content (AvgIpc) is 2.20. The Morgan fingerprint density at radius 1 is 1.60 bits per heavy atom. The maximum absolute atomic E-state index is 5.45. The second-order valence-electron chi connectivity index (χ2n) is 3.00. The molecule has 2 heteroatoms. The summed E-state index contributed by atoms with van der Waals surface area (Å²) < 4.78 is 0. The summed E-state index contributed by atoms with van der Waals surface area (Å²) in [6.07, 6.45) is 3.15. The van der Waals surface area contributed by atoms with Crippen LogP contribution in [0.4, 0.5) is 0 Å². The van der Waals surface area contributed by atoms with Crippen molar-refractivity contribution in [2.75, 3.05) is 6.54 Å². The van der Waals surface area contributed by atoms with E-state index in [-0.39, 0.29) is 0 Å². The molecule has 58 valence electrons. The van der Waals surface area contributed by atoms with E-state index < -0.39 is 0 Å². The van der Waals surface area contributed by atoms with Crippen LogP contribution < -0.4 is 11.1 Å². The van der Waals surface area contributed by atoms with Crippen molar-refractivity contribution in [3.8, 4) is 0 Å². The summed E-state index contributed by atoms with van der Waals surface area (Å²) in [7, 11) is 0. The zero-order valence-corrected chi connectivity index (χ0v) is 6.72. The van der Waals surface area contributed by atoms with E-state index in [1.165, 1.54) is 5.57 Å². The number of nitrogens with one attached hydrogen (secondary N) is 1. The molecule has 0 saturated heterocycles. The van der Waals surface area contributed by atoms with Gasteiger partial charge in [0.05, 0.1) is 0 Å². The minimum Gasteiger partial charge on any atom is -0.388 e. The topological polar surface area (TPSA) is 38.0 Å². The predicted octanol–water partition coefficient (Wildman–Crippen LogP) is 0.847. The summed E-state index contributed by atoms with van der Waals surface area (Å²) >= 11 is 0. The Kier molecular flexibility index (Phi) is 2.33. The Hall–Kier alpha value is -0.500. The van der Waals surface area contributed by atoms with Crippen LogP contribution in [0.3, 0.4) is 0 Å². The standard InChI is InChI=1S/C8H16N2/c1-6-7(2)10-5-8(6)3-4-9/h5-7,10H,3-4,9H2,1-2H3/t6-,7+/m0/s1. The first kappa shape index (κ1) is 7.61. The third-order valence-electron chi connectivity index (χ3n) is 2.30. The molecule has 0 spiro atoms. The zero-order valence-electron chi connectivity index (χ0n) is 6.72. The van der Waals surface area contributed by atoms with E-state index in [1.807, 2.05) is 0 Å². The molecule has 0 aromatic rings. The second-order valence-corrected chi connectivity index (χ2v) is 3.00. The quantitative estimate of drug-likeness (QED) is 0.596. The molecule has 1 rings (SSSR count). The van der Waals surface area contributed by atoms with Gasteiger partial charge in [-0.25, -0.2) is 0 Å². The maximum Gasteiger partial charge on any atom is 0.0290 e. The molecule has 0 amide bonds. The zero-order chi connectivity index (χ0) is 7.56. The lowest BCUT2D eigenvalue weighted by Crippen LogP contribution is -2.21. The van der Waals surface area contributed by atoms with E-state index in [0.717, 1.165) is 13.0 Å². The van der Waals surface area contributed by atoms with Crippen LogP contribution in [0.2, 0.25) is 0 Å². The van der Waals surface area contributed by atoms with Gasteiger partial charge in [0.1, 0.15) is 0 Å². The molecule has 0 radical (unpaired) electrons. The molecule has 2 nitrogen and oxygen atoms in total. The van der Waals surface area contributed by atoms with Crippen molar-refractivity contribution in [3.05, 3.63) is 11.8 Å². The largest absolute Gasteiger partial charge is 0.388 e. The third kappa shape index (κ3) is 1.32. The molecule has 10 heavy (non-hydrogen) atoms. The Morgan fingerprint density at radius 2 is 2.30 bits per heavy atom. The summed E-state index contributed by atoms with van der Waals surface area (Å²) in [5.41, 5.74) is 6.91. The fourth-order valence-corrected chi connectivity index (χ4v) is 1.30. The van der Waals surface area contributed by atoms with Crippen LogP contribution in [0.15, 0.2) is 11.8 Å². The Bertz CT molecular complexity index is 140. The smallest absolute Gasteiger partial charge is 0.0290 e. The fourth-order valence-electron chi connectivity index (χ4n) is 1.30. The van der Waals surface area contributed by atoms with E-state index in [1.54, 1.807) is 0 Å². The highest BCUT2D eigenvalue weighted by molar-refractivity contribution is 5.14. The van der Waals surface area contributed by atoms with Gasteiger partial charge in [0, 0.05) is 6.04 Å². The summed E-state index contributed by atoms with van der Waals surface area (Å²) in [4.78, 5) is 0. The lowest BCUT2D eigenvalue weighted by atomic mass is 9.96. The molecule has 1 heterocycles. The van der Waals surface area contributed by atoms with Crippen molar-refractivity contribution >= 4 is 0 Å². The van der Waals surface area contributed by atoms with E-state index >= 15 is 0 Å². The van der Waals surface area contributed by atoms with Gasteiger partial charge in [-0.15, -0.1) is 0 Å². The van der Waals surface area contributed by atoms with Crippen LogP contribution >= 0.6 is 0 Å². The molecule has 0 aromatic heterocycles. The number of hydrogen-bond acceptors (Lipinski definition) is 2. The number of rotatable bonds is 2. The van der Waals surface area contributed by atoms with E-state index in [2.05, 4.69) is 25.4 Å². The molecule has 0 aromatic carbocycles. The van der Waals surface area contributed by atoms with Crippen LogP contribution in [0.25, 0.3) is 0 Å². The van der Waals surface area contributed by atoms with Gasteiger partial charge in [0.25, 0.3) is 0 Å². The minimum atomic E-state index is 0.599. The number of hydrogen-bond donors (Lipinski definition) is 2. The molecule has 0 fully saturated rings. The molecular formula is C8H16N2. The highest BCUT2D eigenvalue weighted by Gasteiger charge is 2.19. The SMILES string of the molecule is C[C@@H]1C(CCN)=CN[C@@H]1C. The first-order chi connectivity index (χ1) is 4.75. The third-order valence-corrected chi connectivity index (χ3v) is 2.30. The predicted molar refractivity (Wildman–Crippen MR) is 43.5 cm³/mol. The summed E-state index contributed by atoms with van der Waals surface area (Å²) in [6.45, 7) is 5.21. The summed E-state index contributed by atoms with van der Waals surface area (Å²) in [6, 6.07) is 0.599. The molecule has 1 aliphatic heterocycles.